The van der Waals surface area contributed by atoms with E-state index in [9.17, 15) is 28.4 Å². The Morgan fingerprint density at radius 1 is 0.986 bits per heavy atom. The van der Waals surface area contributed by atoms with E-state index < -0.39 is 33.6 Å². The number of pyridine rings is 1. The van der Waals surface area contributed by atoms with Gasteiger partial charge in [-0.25, -0.2) is 13.4 Å². The second-order valence-corrected chi connectivity index (χ2v) is 27.2. The maximum Gasteiger partial charge on any atom is 0.318 e. The number of sulfone groups is 1. The van der Waals surface area contributed by atoms with E-state index in [0.717, 1.165) is 57.9 Å². The fourth-order valence-corrected chi connectivity index (χ4v) is 16.8. The molecule has 1 heterocycles. The number of aliphatic hydroxyl groups is 1. The van der Waals surface area contributed by atoms with Gasteiger partial charge in [0.15, 0.2) is 0 Å². The molecular formula is C60H91N3O8S. The number of nitriles is 1. The second-order valence-electron chi connectivity index (χ2n) is 24.9. The van der Waals surface area contributed by atoms with Gasteiger partial charge in [-0.1, -0.05) is 85.1 Å². The first-order valence-electron chi connectivity index (χ1n) is 28.1. The van der Waals surface area contributed by atoms with Gasteiger partial charge in [-0.3, -0.25) is 9.59 Å². The first-order valence-corrected chi connectivity index (χ1v) is 30.1. The number of carbonyl (C=O) groups excluding carboxylic acids is 2. The maximum atomic E-state index is 14.1. The number of nitrogens with zero attached hydrogens (tertiary/aromatic N) is 2. The van der Waals surface area contributed by atoms with Crippen molar-refractivity contribution in [1.82, 2.24) is 10.3 Å². The van der Waals surface area contributed by atoms with Crippen LogP contribution >= 0.6 is 0 Å². The molecule has 1 aromatic heterocycles. The third kappa shape index (κ3) is 11.5. The molecule has 0 spiro atoms. The normalized spacial score (nSPS) is 34.9. The number of fused-ring (bicyclic) bond motifs is 5. The Bertz CT molecular complexity index is 2330. The van der Waals surface area contributed by atoms with E-state index in [0.29, 0.717) is 86.5 Å². The van der Waals surface area contributed by atoms with Crippen LogP contribution in [-0.4, -0.2) is 73.0 Å². The van der Waals surface area contributed by atoms with Crippen LogP contribution in [0.3, 0.4) is 0 Å². The fourth-order valence-electron chi connectivity index (χ4n) is 15.7. The molecule has 400 valence electrons. The summed E-state index contributed by atoms with van der Waals surface area (Å²) in [5.74, 6) is 2.03. The monoisotopic (exact) mass is 1010 g/mol. The molecule has 0 saturated heterocycles. The summed E-state index contributed by atoms with van der Waals surface area (Å²) >= 11 is 0. The molecule has 0 bridgehead atoms. The highest BCUT2D eigenvalue weighted by Crippen LogP contribution is 2.72. The molecule has 12 heteroatoms. The third-order valence-electron chi connectivity index (χ3n) is 20.6. The zero-order valence-electron chi connectivity index (χ0n) is 45.6. The minimum Gasteiger partial charge on any atom is -0.475 e. The minimum atomic E-state index is -3.09. The Hall–Kier alpha value is -3.53. The van der Waals surface area contributed by atoms with Crippen LogP contribution in [0.1, 0.15) is 202 Å². The van der Waals surface area contributed by atoms with Crippen LogP contribution in [0.4, 0.5) is 0 Å². The van der Waals surface area contributed by atoms with E-state index in [1.54, 1.807) is 18.3 Å². The summed E-state index contributed by atoms with van der Waals surface area (Å²) in [7, 11) is -3.09. The zero-order chi connectivity index (χ0) is 52.2. The van der Waals surface area contributed by atoms with Crippen LogP contribution in [-0.2, 0) is 28.9 Å². The highest BCUT2D eigenvalue weighted by molar-refractivity contribution is 7.91. The van der Waals surface area contributed by atoms with Crippen molar-refractivity contribution in [3.63, 3.8) is 0 Å². The number of ether oxygens (including phenoxy) is 3. The maximum absolute atomic E-state index is 14.1. The van der Waals surface area contributed by atoms with Gasteiger partial charge in [0.2, 0.25) is 12.7 Å². The summed E-state index contributed by atoms with van der Waals surface area (Å²) in [6.45, 7) is 21.7. The summed E-state index contributed by atoms with van der Waals surface area (Å²) in [4.78, 5) is 30.9. The molecular weight excluding hydrogens is 923 g/mol. The van der Waals surface area contributed by atoms with Gasteiger partial charge in [-0.15, -0.1) is 0 Å². The number of unbranched alkanes of at least 4 members (excludes halogenated alkanes) is 3. The van der Waals surface area contributed by atoms with E-state index in [-0.39, 0.29) is 51.9 Å². The summed E-state index contributed by atoms with van der Waals surface area (Å²) in [6, 6.07) is 5.49. The van der Waals surface area contributed by atoms with Crippen molar-refractivity contribution in [2.45, 2.75) is 213 Å². The quantitative estimate of drug-likeness (QED) is 0.0521. The van der Waals surface area contributed by atoms with Crippen molar-refractivity contribution < 1.29 is 37.3 Å². The average Bonchev–Trinajstić information content (AvgIpc) is 3.73. The molecule has 6 aliphatic rings. The van der Waals surface area contributed by atoms with Gasteiger partial charge < -0.3 is 24.6 Å². The van der Waals surface area contributed by atoms with Crippen molar-refractivity contribution in [2.24, 2.45) is 51.2 Å². The Morgan fingerprint density at radius 2 is 1.75 bits per heavy atom. The lowest BCUT2D eigenvalue weighted by molar-refractivity contribution is -0.177. The minimum absolute atomic E-state index is 0.0182. The van der Waals surface area contributed by atoms with E-state index >= 15 is 0 Å². The number of rotatable bonds is 21. The second kappa shape index (κ2) is 22.7. The van der Waals surface area contributed by atoms with Crippen LogP contribution in [0, 0.1) is 62.6 Å². The number of nitrogens with one attached hydrogen (secondary N) is 1. The molecule has 0 radical (unpaired) electrons. The summed E-state index contributed by atoms with van der Waals surface area (Å²) < 4.78 is 41.8. The zero-order valence-corrected chi connectivity index (χ0v) is 46.4. The number of hydrogen-bond donors (Lipinski definition) is 2. The number of allylic oxidation sites excluding steroid dienone is 5. The van der Waals surface area contributed by atoms with E-state index in [1.165, 1.54) is 61.5 Å². The van der Waals surface area contributed by atoms with Crippen LogP contribution in [0.2, 0.25) is 0 Å². The molecule has 9 atom stereocenters. The molecule has 7 rings (SSSR count). The lowest BCUT2D eigenvalue weighted by atomic mass is 9.38. The van der Waals surface area contributed by atoms with E-state index in [2.05, 4.69) is 83.6 Å². The SMILES string of the molecule is C=C(C)[C@@H]1CC[C@]2(NCC[C@]3(O)CC[C@@H](S(C)(=O)=O)CC3)CC[C@]3(C)[C@H](CC[C@@H]4C[C@H](C(C)(C)/C(=C\CCC)C5=CC[C@@](COc6ncccc6C#N)(C(=O)OCOC(=O)CCCCC)CC5)CC[C@]43C)[C@@H]12. The van der Waals surface area contributed by atoms with Crippen LogP contribution in [0.15, 0.2) is 53.8 Å². The Labute approximate surface area is 434 Å². The van der Waals surface area contributed by atoms with Crippen molar-refractivity contribution in [3.8, 4) is 11.9 Å². The predicted molar refractivity (Wildman–Crippen MR) is 284 cm³/mol. The van der Waals surface area contributed by atoms with Gasteiger partial charge in [0.05, 0.1) is 10.9 Å². The van der Waals surface area contributed by atoms with Crippen molar-refractivity contribution >= 4 is 21.8 Å². The Morgan fingerprint density at radius 3 is 2.42 bits per heavy atom. The lowest BCUT2D eigenvalue weighted by Gasteiger charge is -2.68. The largest absolute Gasteiger partial charge is 0.475 e. The molecule has 72 heavy (non-hydrogen) atoms. The molecule has 5 saturated carbocycles. The van der Waals surface area contributed by atoms with Gasteiger partial charge in [0.25, 0.3) is 0 Å². The molecule has 11 nitrogen and oxygen atoms in total. The molecule has 0 unspecified atom stereocenters. The molecule has 1 aromatic rings. The van der Waals surface area contributed by atoms with Gasteiger partial charge >= 0.3 is 11.9 Å². The number of aromatic nitrogens is 1. The van der Waals surface area contributed by atoms with E-state index in [4.69, 9.17) is 14.2 Å². The van der Waals surface area contributed by atoms with Crippen molar-refractivity contribution in [3.05, 3.63) is 59.3 Å². The summed E-state index contributed by atoms with van der Waals surface area (Å²) in [6.07, 6.45) is 27.7. The first-order chi connectivity index (χ1) is 34.1. The molecule has 6 aliphatic carbocycles. The van der Waals surface area contributed by atoms with Gasteiger partial charge in [0.1, 0.15) is 33.5 Å². The topological polar surface area (TPSA) is 165 Å². The van der Waals surface area contributed by atoms with E-state index in [1.807, 2.05) is 0 Å². The molecule has 2 N–H and O–H groups in total. The molecule has 5 fully saturated rings. The van der Waals surface area contributed by atoms with Crippen LogP contribution < -0.4 is 10.1 Å². The molecule has 0 amide bonds. The highest BCUT2D eigenvalue weighted by Gasteiger charge is 2.67. The molecule has 0 aliphatic heterocycles. The van der Waals surface area contributed by atoms with Crippen molar-refractivity contribution in [1.29, 1.82) is 5.26 Å². The third-order valence-corrected chi connectivity index (χ3v) is 22.3. The van der Waals surface area contributed by atoms with Crippen LogP contribution in [0.25, 0.3) is 0 Å². The number of esters is 2. The van der Waals surface area contributed by atoms with Gasteiger partial charge in [0, 0.05) is 24.4 Å². The smallest absolute Gasteiger partial charge is 0.318 e. The summed E-state index contributed by atoms with van der Waals surface area (Å²) in [5.41, 5.74) is 2.77. The highest BCUT2D eigenvalue weighted by atomic mass is 32.2. The predicted octanol–water partition coefficient (Wildman–Crippen LogP) is 12.5. The Kier molecular flexibility index (Phi) is 17.8. The number of hydrogen-bond acceptors (Lipinski definition) is 11. The lowest BCUT2D eigenvalue weighted by Crippen LogP contribution is -2.65. The van der Waals surface area contributed by atoms with Crippen molar-refractivity contribution in [2.75, 3.05) is 26.2 Å². The summed E-state index contributed by atoms with van der Waals surface area (Å²) in [5, 5.41) is 25.3. The van der Waals surface area contributed by atoms with Gasteiger partial charge in [-0.05, 0) is 205 Å². The van der Waals surface area contributed by atoms with Gasteiger partial charge in [-0.2, -0.15) is 5.26 Å². The first kappa shape index (κ1) is 56.2. The average molecular weight is 1010 g/mol. The number of carbonyl (C=O) groups is 2. The molecule has 0 aromatic carbocycles. The Balaban J connectivity index is 1.06. The van der Waals surface area contributed by atoms with Crippen LogP contribution in [0.5, 0.6) is 5.88 Å². The fraction of sp³-hybridized carbons (Fsp3) is 0.767. The standard InChI is InChI=1S/C60H91N3O8S/c1-10-12-14-18-51(64)70-41-71-54(65)58(40-69-53-44(39-61)16-15-36-62-53)28-21-43(22-29-58)49(17-13-11-2)55(5,6)45-23-27-56(7)46(38-45)19-20-50-52-48(42(3)4)26-32-60(52,34-33-57(50,56)8)63-37-35-59(66)30-24-47(25-31-59)72(9,67)68/h15-17,21,36,45-48,50,52,63,66H,3,10-14,18-20,22-35,37-38,40-41H2,1-2,4-9H3/b49-17-/t45-,46-,47-,48+,50-,52-,56-,57-,58-,59+,60+/m1/s1.